The van der Waals surface area contributed by atoms with E-state index < -0.39 is 27.8 Å². The number of rotatable bonds is 11. The molecule has 1 atom stereocenters. The van der Waals surface area contributed by atoms with Crippen LogP contribution in [0.4, 0.5) is 10.1 Å². The van der Waals surface area contributed by atoms with Crippen molar-refractivity contribution in [3.63, 3.8) is 0 Å². The Morgan fingerprint density at radius 3 is 2.60 bits per heavy atom. The van der Waals surface area contributed by atoms with E-state index in [-0.39, 0.29) is 5.69 Å². The summed E-state index contributed by atoms with van der Waals surface area (Å²) in [5.74, 6) is -0.175. The fourth-order valence-electron chi connectivity index (χ4n) is 3.12. The van der Waals surface area contributed by atoms with Crippen LogP contribution in [0.5, 0.6) is 5.75 Å². The SMILES string of the molecule is CCCOc1ccccc1CCCNC(=O)[C@@H](C)N(c1cccc(F)c1)S(C)(=O)=O. The summed E-state index contributed by atoms with van der Waals surface area (Å²) in [4.78, 5) is 12.6. The monoisotopic (exact) mass is 436 g/mol. The number of para-hydroxylation sites is 1. The Morgan fingerprint density at radius 2 is 1.93 bits per heavy atom. The molecule has 2 aromatic carbocycles. The number of anilines is 1. The van der Waals surface area contributed by atoms with Crippen molar-refractivity contribution in [2.24, 2.45) is 0 Å². The fourth-order valence-corrected chi connectivity index (χ4v) is 4.29. The third-order valence-corrected chi connectivity index (χ3v) is 5.75. The predicted octanol–water partition coefficient (Wildman–Crippen LogP) is 3.52. The average molecular weight is 437 g/mol. The van der Waals surface area contributed by atoms with Gasteiger partial charge in [0.15, 0.2) is 0 Å². The molecule has 0 bridgehead atoms. The molecule has 0 heterocycles. The van der Waals surface area contributed by atoms with E-state index in [0.717, 1.165) is 34.4 Å². The second-order valence-electron chi connectivity index (χ2n) is 7.07. The third kappa shape index (κ3) is 6.73. The summed E-state index contributed by atoms with van der Waals surface area (Å²) in [6, 6.07) is 11.9. The van der Waals surface area contributed by atoms with Crippen LogP contribution in [0.2, 0.25) is 0 Å². The molecule has 8 heteroatoms. The highest BCUT2D eigenvalue weighted by Crippen LogP contribution is 2.22. The van der Waals surface area contributed by atoms with Crippen LogP contribution in [0.25, 0.3) is 0 Å². The first-order valence-corrected chi connectivity index (χ1v) is 11.8. The van der Waals surface area contributed by atoms with Gasteiger partial charge in [-0.2, -0.15) is 0 Å². The van der Waals surface area contributed by atoms with Crippen LogP contribution in [-0.4, -0.2) is 39.8 Å². The molecule has 0 aliphatic heterocycles. The maximum atomic E-state index is 13.6. The normalized spacial score (nSPS) is 12.3. The van der Waals surface area contributed by atoms with Gasteiger partial charge < -0.3 is 10.1 Å². The molecular formula is C22H29FN2O4S. The second-order valence-corrected chi connectivity index (χ2v) is 8.92. The fraction of sp³-hybridized carbons (Fsp3) is 0.409. The molecule has 2 rings (SSSR count). The Labute approximate surface area is 178 Å². The first-order valence-electron chi connectivity index (χ1n) is 9.97. The molecule has 0 aliphatic rings. The van der Waals surface area contributed by atoms with Crippen molar-refractivity contribution >= 4 is 21.6 Å². The van der Waals surface area contributed by atoms with E-state index in [0.29, 0.717) is 26.0 Å². The molecule has 0 fully saturated rings. The lowest BCUT2D eigenvalue weighted by Crippen LogP contribution is -2.48. The van der Waals surface area contributed by atoms with Gasteiger partial charge in [-0.25, -0.2) is 12.8 Å². The van der Waals surface area contributed by atoms with Crippen LogP contribution in [0.15, 0.2) is 48.5 Å². The molecule has 1 N–H and O–H groups in total. The van der Waals surface area contributed by atoms with Crippen LogP contribution in [0.3, 0.4) is 0 Å². The zero-order valence-corrected chi connectivity index (χ0v) is 18.4. The van der Waals surface area contributed by atoms with Crippen molar-refractivity contribution in [3.05, 3.63) is 59.9 Å². The molecule has 2 aromatic rings. The Hall–Kier alpha value is -2.61. The number of sulfonamides is 1. The summed E-state index contributed by atoms with van der Waals surface area (Å²) in [6.07, 6.45) is 3.30. The van der Waals surface area contributed by atoms with Gasteiger partial charge in [-0.1, -0.05) is 31.2 Å². The molecule has 6 nitrogen and oxygen atoms in total. The van der Waals surface area contributed by atoms with Crippen LogP contribution >= 0.6 is 0 Å². The van der Waals surface area contributed by atoms with Crippen molar-refractivity contribution in [1.82, 2.24) is 5.32 Å². The lowest BCUT2D eigenvalue weighted by Gasteiger charge is -2.28. The predicted molar refractivity (Wildman–Crippen MR) is 117 cm³/mol. The standard InChI is InChI=1S/C22H29FN2O4S/c1-4-15-29-21-13-6-5-9-18(21)10-8-14-24-22(26)17(2)25(30(3,27)28)20-12-7-11-19(23)16-20/h5-7,9,11-13,16-17H,4,8,10,14-15H2,1-3H3,(H,24,26)/t17-/m1/s1. The number of carbonyl (C=O) groups is 1. The van der Waals surface area contributed by atoms with Gasteiger partial charge >= 0.3 is 0 Å². The molecule has 164 valence electrons. The summed E-state index contributed by atoms with van der Waals surface area (Å²) in [5.41, 5.74) is 1.17. The van der Waals surface area contributed by atoms with E-state index in [1.807, 2.05) is 31.2 Å². The van der Waals surface area contributed by atoms with Gasteiger partial charge in [0.2, 0.25) is 15.9 Å². The molecule has 0 saturated heterocycles. The van der Waals surface area contributed by atoms with Crippen molar-refractivity contribution in [1.29, 1.82) is 0 Å². The van der Waals surface area contributed by atoms with Gasteiger partial charge in [0, 0.05) is 6.54 Å². The van der Waals surface area contributed by atoms with Crippen LogP contribution in [0, 0.1) is 5.82 Å². The highest BCUT2D eigenvalue weighted by molar-refractivity contribution is 7.92. The number of hydrogen-bond donors (Lipinski definition) is 1. The van der Waals surface area contributed by atoms with E-state index in [1.54, 1.807) is 0 Å². The van der Waals surface area contributed by atoms with Crippen LogP contribution in [-0.2, 0) is 21.2 Å². The minimum absolute atomic E-state index is 0.113. The van der Waals surface area contributed by atoms with Crippen molar-refractivity contribution in [2.75, 3.05) is 23.7 Å². The number of halogens is 1. The molecule has 0 saturated carbocycles. The molecule has 30 heavy (non-hydrogen) atoms. The summed E-state index contributed by atoms with van der Waals surface area (Å²) in [6.45, 7) is 4.55. The number of amides is 1. The number of nitrogens with zero attached hydrogens (tertiary/aromatic N) is 1. The van der Waals surface area contributed by atoms with E-state index in [1.165, 1.54) is 25.1 Å². The van der Waals surface area contributed by atoms with E-state index in [9.17, 15) is 17.6 Å². The highest BCUT2D eigenvalue weighted by atomic mass is 32.2. The minimum atomic E-state index is -3.78. The Morgan fingerprint density at radius 1 is 1.20 bits per heavy atom. The molecule has 0 unspecified atom stereocenters. The molecule has 0 aliphatic carbocycles. The quantitative estimate of drug-likeness (QED) is 0.547. The van der Waals surface area contributed by atoms with Gasteiger partial charge in [-0.15, -0.1) is 0 Å². The Balaban J connectivity index is 1.97. The van der Waals surface area contributed by atoms with Gasteiger partial charge in [0.1, 0.15) is 17.6 Å². The highest BCUT2D eigenvalue weighted by Gasteiger charge is 2.29. The number of benzene rings is 2. The van der Waals surface area contributed by atoms with E-state index in [2.05, 4.69) is 5.32 Å². The number of hydrogen-bond acceptors (Lipinski definition) is 4. The van der Waals surface area contributed by atoms with Crippen molar-refractivity contribution < 1.29 is 22.3 Å². The van der Waals surface area contributed by atoms with Crippen LogP contribution < -0.4 is 14.4 Å². The maximum absolute atomic E-state index is 13.6. The number of carbonyl (C=O) groups excluding carboxylic acids is 1. The Bertz CT molecular complexity index is 950. The third-order valence-electron chi connectivity index (χ3n) is 4.51. The Kier molecular flexibility index (Phi) is 8.65. The minimum Gasteiger partial charge on any atom is -0.493 e. The number of nitrogens with one attached hydrogen (secondary N) is 1. The summed E-state index contributed by atoms with van der Waals surface area (Å²) in [7, 11) is -3.78. The first-order chi connectivity index (χ1) is 14.2. The molecular weight excluding hydrogens is 407 g/mol. The molecule has 0 spiro atoms. The molecule has 0 aromatic heterocycles. The molecule has 1 amide bonds. The second kappa shape index (κ2) is 11.0. The zero-order chi connectivity index (χ0) is 22.1. The lowest BCUT2D eigenvalue weighted by molar-refractivity contribution is -0.121. The van der Waals surface area contributed by atoms with Gasteiger partial charge in [0.05, 0.1) is 18.6 Å². The van der Waals surface area contributed by atoms with E-state index >= 15 is 0 Å². The summed E-state index contributed by atoms with van der Waals surface area (Å²) in [5, 5.41) is 2.77. The van der Waals surface area contributed by atoms with Crippen molar-refractivity contribution in [2.45, 2.75) is 39.2 Å². The van der Waals surface area contributed by atoms with Crippen LogP contribution in [0.1, 0.15) is 32.3 Å². The number of ether oxygens (including phenoxy) is 1. The van der Waals surface area contributed by atoms with E-state index in [4.69, 9.17) is 4.74 Å². The number of aryl methyl sites for hydroxylation is 1. The summed E-state index contributed by atoms with van der Waals surface area (Å²) >= 11 is 0. The lowest BCUT2D eigenvalue weighted by atomic mass is 10.1. The van der Waals surface area contributed by atoms with Gasteiger partial charge in [-0.3, -0.25) is 9.10 Å². The topological polar surface area (TPSA) is 75.7 Å². The maximum Gasteiger partial charge on any atom is 0.243 e. The average Bonchev–Trinajstić information content (AvgIpc) is 2.69. The first kappa shape index (κ1) is 23.7. The van der Waals surface area contributed by atoms with Gasteiger partial charge in [-0.05, 0) is 56.0 Å². The van der Waals surface area contributed by atoms with Gasteiger partial charge in [0.25, 0.3) is 0 Å². The molecule has 0 radical (unpaired) electrons. The van der Waals surface area contributed by atoms with Crippen molar-refractivity contribution in [3.8, 4) is 5.75 Å². The zero-order valence-electron chi connectivity index (χ0n) is 17.6. The summed E-state index contributed by atoms with van der Waals surface area (Å²) < 4.78 is 44.7. The smallest absolute Gasteiger partial charge is 0.243 e. The largest absolute Gasteiger partial charge is 0.493 e.